The number of aromatic carboxylic acids is 1. The van der Waals surface area contributed by atoms with Gasteiger partial charge in [0.2, 0.25) is 0 Å². The number of fused-ring (bicyclic) bond motifs is 1. The molecule has 3 aromatic carbocycles. The fraction of sp³-hybridized carbons (Fsp3) is 0.227. The third-order valence-corrected chi connectivity index (χ3v) is 4.73. The molecule has 1 fully saturated rings. The molecule has 0 aliphatic carbocycles. The number of nitrogens with one attached hydrogen (secondary N) is 1. The smallest absolute Gasteiger partial charge is 0.339 e. The maximum absolute atomic E-state index is 11.6. The zero-order valence-electron chi connectivity index (χ0n) is 14.9. The van der Waals surface area contributed by atoms with Gasteiger partial charge in [-0.05, 0) is 41.3 Å². The van der Waals surface area contributed by atoms with Crippen molar-refractivity contribution < 1.29 is 19.4 Å². The van der Waals surface area contributed by atoms with Crippen LogP contribution in [0.25, 0.3) is 10.8 Å². The molecule has 138 valence electrons. The number of hydrogen-bond acceptors (Lipinski definition) is 4. The SMILES string of the molecule is O=C(O)c1ccc(NC2CCCO2)cc1OCc1cccc2ccccc12. The van der Waals surface area contributed by atoms with Gasteiger partial charge in [-0.2, -0.15) is 0 Å². The molecule has 1 heterocycles. The topological polar surface area (TPSA) is 67.8 Å². The van der Waals surface area contributed by atoms with Gasteiger partial charge in [-0.1, -0.05) is 42.5 Å². The van der Waals surface area contributed by atoms with Crippen molar-refractivity contribution in [2.24, 2.45) is 0 Å². The molecule has 0 bridgehead atoms. The van der Waals surface area contributed by atoms with Crippen LogP contribution in [0.15, 0.2) is 60.7 Å². The maximum Gasteiger partial charge on any atom is 0.339 e. The van der Waals surface area contributed by atoms with Crippen molar-refractivity contribution in [3.05, 3.63) is 71.8 Å². The van der Waals surface area contributed by atoms with Gasteiger partial charge in [0, 0.05) is 18.4 Å². The van der Waals surface area contributed by atoms with E-state index in [4.69, 9.17) is 9.47 Å². The summed E-state index contributed by atoms with van der Waals surface area (Å²) in [6, 6.07) is 19.1. The lowest BCUT2D eigenvalue weighted by Gasteiger charge is -2.16. The molecule has 0 amide bonds. The van der Waals surface area contributed by atoms with Gasteiger partial charge in [0.05, 0.1) is 0 Å². The molecule has 0 radical (unpaired) electrons. The first kappa shape index (κ1) is 17.4. The molecule has 1 atom stereocenters. The summed E-state index contributed by atoms with van der Waals surface area (Å²) in [6.07, 6.45) is 1.92. The van der Waals surface area contributed by atoms with Crippen molar-refractivity contribution in [3.8, 4) is 5.75 Å². The van der Waals surface area contributed by atoms with Gasteiger partial charge in [-0.3, -0.25) is 0 Å². The van der Waals surface area contributed by atoms with E-state index in [-0.39, 0.29) is 11.8 Å². The van der Waals surface area contributed by atoms with Crippen LogP contribution in [0, 0.1) is 0 Å². The van der Waals surface area contributed by atoms with Gasteiger partial charge in [0.25, 0.3) is 0 Å². The molecular formula is C22H21NO4. The van der Waals surface area contributed by atoms with Gasteiger partial charge in [0.1, 0.15) is 24.1 Å². The highest BCUT2D eigenvalue weighted by atomic mass is 16.5. The largest absolute Gasteiger partial charge is 0.488 e. The quantitative estimate of drug-likeness (QED) is 0.666. The molecular weight excluding hydrogens is 342 g/mol. The van der Waals surface area contributed by atoms with E-state index in [1.807, 2.05) is 42.5 Å². The average molecular weight is 363 g/mol. The number of anilines is 1. The number of carboxylic acids is 1. The number of benzene rings is 3. The van der Waals surface area contributed by atoms with Crippen LogP contribution < -0.4 is 10.1 Å². The Hall–Kier alpha value is -3.05. The lowest BCUT2D eigenvalue weighted by Crippen LogP contribution is -2.17. The van der Waals surface area contributed by atoms with Crippen LogP contribution in [0.4, 0.5) is 5.69 Å². The Morgan fingerprint density at radius 2 is 2.00 bits per heavy atom. The van der Waals surface area contributed by atoms with Crippen molar-refractivity contribution in [1.82, 2.24) is 0 Å². The van der Waals surface area contributed by atoms with Gasteiger partial charge in [0.15, 0.2) is 0 Å². The van der Waals surface area contributed by atoms with E-state index < -0.39 is 5.97 Å². The van der Waals surface area contributed by atoms with Crippen LogP contribution in [0.1, 0.15) is 28.8 Å². The zero-order valence-corrected chi connectivity index (χ0v) is 14.9. The molecule has 1 aliphatic rings. The molecule has 27 heavy (non-hydrogen) atoms. The molecule has 2 N–H and O–H groups in total. The van der Waals surface area contributed by atoms with E-state index in [9.17, 15) is 9.90 Å². The standard InChI is InChI=1S/C22H21NO4/c24-22(25)19-11-10-17(23-21-9-4-12-26-21)13-20(19)27-14-16-7-3-6-15-5-1-2-8-18(15)16/h1-3,5-8,10-11,13,21,23H,4,9,12,14H2,(H,24,25). The summed E-state index contributed by atoms with van der Waals surface area (Å²) in [5.74, 6) is -0.662. The molecule has 1 aliphatic heterocycles. The van der Waals surface area contributed by atoms with Crippen molar-refractivity contribution in [3.63, 3.8) is 0 Å². The molecule has 5 heteroatoms. The molecule has 1 unspecified atom stereocenters. The van der Waals surface area contributed by atoms with E-state index in [2.05, 4.69) is 5.32 Å². The second-order valence-corrected chi connectivity index (χ2v) is 6.59. The summed E-state index contributed by atoms with van der Waals surface area (Å²) in [6.45, 7) is 1.04. The van der Waals surface area contributed by atoms with Crippen LogP contribution in [0.2, 0.25) is 0 Å². The van der Waals surface area contributed by atoms with E-state index in [1.54, 1.807) is 18.2 Å². The van der Waals surface area contributed by atoms with Crippen LogP contribution >= 0.6 is 0 Å². The molecule has 3 aromatic rings. The minimum absolute atomic E-state index is 0.0356. The molecule has 5 nitrogen and oxygen atoms in total. The highest BCUT2D eigenvalue weighted by molar-refractivity contribution is 5.91. The Balaban J connectivity index is 1.58. The van der Waals surface area contributed by atoms with Crippen LogP contribution in [0.5, 0.6) is 5.75 Å². The van der Waals surface area contributed by atoms with E-state index in [0.29, 0.717) is 12.4 Å². The van der Waals surface area contributed by atoms with Gasteiger partial charge < -0.3 is 19.9 Å². The Morgan fingerprint density at radius 3 is 2.81 bits per heavy atom. The van der Waals surface area contributed by atoms with E-state index >= 15 is 0 Å². The number of carbonyl (C=O) groups is 1. The van der Waals surface area contributed by atoms with Crippen molar-refractivity contribution in [2.45, 2.75) is 25.7 Å². The van der Waals surface area contributed by atoms with Crippen molar-refractivity contribution in [1.29, 1.82) is 0 Å². The highest BCUT2D eigenvalue weighted by Crippen LogP contribution is 2.27. The monoisotopic (exact) mass is 363 g/mol. The molecule has 4 rings (SSSR count). The van der Waals surface area contributed by atoms with Crippen LogP contribution in [-0.4, -0.2) is 23.9 Å². The zero-order chi connectivity index (χ0) is 18.6. The fourth-order valence-corrected chi connectivity index (χ4v) is 3.36. The fourth-order valence-electron chi connectivity index (χ4n) is 3.36. The lowest BCUT2D eigenvalue weighted by molar-refractivity contribution is 0.0692. The number of hydrogen-bond donors (Lipinski definition) is 2. The normalized spacial score (nSPS) is 16.4. The summed E-state index contributed by atoms with van der Waals surface area (Å²) in [7, 11) is 0. The van der Waals surface area contributed by atoms with Crippen molar-refractivity contribution >= 4 is 22.4 Å². The number of ether oxygens (including phenoxy) is 2. The van der Waals surface area contributed by atoms with E-state index in [1.165, 1.54) is 0 Å². The molecule has 1 saturated heterocycles. The van der Waals surface area contributed by atoms with Gasteiger partial charge in [-0.15, -0.1) is 0 Å². The highest BCUT2D eigenvalue weighted by Gasteiger charge is 2.17. The summed E-state index contributed by atoms with van der Waals surface area (Å²) in [5, 5.41) is 15.0. The second-order valence-electron chi connectivity index (χ2n) is 6.59. The summed E-state index contributed by atoms with van der Waals surface area (Å²) in [4.78, 5) is 11.6. The summed E-state index contributed by atoms with van der Waals surface area (Å²) in [5.41, 5.74) is 1.95. The minimum Gasteiger partial charge on any atom is -0.488 e. The number of rotatable bonds is 6. The molecule has 0 saturated carbocycles. The molecule has 0 spiro atoms. The summed E-state index contributed by atoms with van der Waals surface area (Å²) >= 11 is 0. The minimum atomic E-state index is -1.01. The maximum atomic E-state index is 11.6. The van der Waals surface area contributed by atoms with Gasteiger partial charge in [-0.25, -0.2) is 4.79 Å². The van der Waals surface area contributed by atoms with Crippen LogP contribution in [-0.2, 0) is 11.3 Å². The third-order valence-electron chi connectivity index (χ3n) is 4.73. The third kappa shape index (κ3) is 3.88. The van der Waals surface area contributed by atoms with E-state index in [0.717, 1.165) is 41.5 Å². The Bertz CT molecular complexity index is 958. The second kappa shape index (κ2) is 7.68. The predicted octanol–water partition coefficient (Wildman–Crippen LogP) is 4.67. The first-order valence-electron chi connectivity index (χ1n) is 9.05. The summed E-state index contributed by atoms with van der Waals surface area (Å²) < 4.78 is 11.5. The van der Waals surface area contributed by atoms with Crippen molar-refractivity contribution in [2.75, 3.05) is 11.9 Å². The predicted molar refractivity (Wildman–Crippen MR) is 104 cm³/mol. The lowest BCUT2D eigenvalue weighted by atomic mass is 10.1. The first-order chi connectivity index (χ1) is 13.2. The Kier molecular flexibility index (Phi) is 4.94. The average Bonchev–Trinajstić information content (AvgIpc) is 3.19. The first-order valence-corrected chi connectivity index (χ1v) is 9.05. The Morgan fingerprint density at radius 1 is 1.15 bits per heavy atom. The number of carboxylic acid groups (broad SMARTS) is 1. The van der Waals surface area contributed by atoms with Gasteiger partial charge >= 0.3 is 5.97 Å². The Labute approximate surface area is 157 Å². The van der Waals surface area contributed by atoms with Crippen LogP contribution in [0.3, 0.4) is 0 Å². The molecule has 0 aromatic heterocycles.